The predicted octanol–water partition coefficient (Wildman–Crippen LogP) is 2.31. The van der Waals surface area contributed by atoms with E-state index in [0.29, 0.717) is 5.92 Å². The second kappa shape index (κ2) is 6.52. The fourth-order valence-corrected chi connectivity index (χ4v) is 4.50. The van der Waals surface area contributed by atoms with Gasteiger partial charge in [0.05, 0.1) is 12.3 Å². The summed E-state index contributed by atoms with van der Waals surface area (Å²) in [5, 5.41) is 1.18. The zero-order valence-electron chi connectivity index (χ0n) is 12.3. The van der Waals surface area contributed by atoms with E-state index in [9.17, 15) is 0 Å². The van der Waals surface area contributed by atoms with Crippen LogP contribution in [0.15, 0.2) is 0 Å². The molecule has 1 aromatic rings. The van der Waals surface area contributed by atoms with Gasteiger partial charge in [0.2, 0.25) is 0 Å². The number of nitrogens with two attached hydrogens (primary N) is 1. The first-order chi connectivity index (χ1) is 9.81. The normalized spacial score (nSPS) is 27.5. The Morgan fingerprint density at radius 3 is 3.20 bits per heavy atom. The molecule has 0 spiro atoms. The molecule has 2 aliphatic rings. The smallest absolute Gasteiger partial charge is 0.123 e. The Balaban J connectivity index is 1.75. The van der Waals surface area contributed by atoms with Gasteiger partial charge in [0.25, 0.3) is 0 Å². The average Bonchev–Trinajstić information content (AvgIpc) is 2.92. The molecule has 1 saturated heterocycles. The van der Waals surface area contributed by atoms with E-state index in [1.807, 2.05) is 11.3 Å². The van der Waals surface area contributed by atoms with Crippen molar-refractivity contribution in [2.75, 3.05) is 32.8 Å². The summed E-state index contributed by atoms with van der Waals surface area (Å²) < 4.78 is 5.96. The van der Waals surface area contributed by atoms with Crippen LogP contribution < -0.4 is 5.73 Å². The lowest BCUT2D eigenvalue weighted by atomic mass is 9.91. The number of aromatic nitrogens is 1. The Morgan fingerprint density at radius 2 is 2.40 bits per heavy atom. The van der Waals surface area contributed by atoms with Crippen LogP contribution in [0.3, 0.4) is 0 Å². The van der Waals surface area contributed by atoms with Crippen molar-refractivity contribution in [3.8, 4) is 0 Å². The summed E-state index contributed by atoms with van der Waals surface area (Å²) in [5.41, 5.74) is 7.17. The zero-order valence-corrected chi connectivity index (χ0v) is 13.1. The molecule has 0 saturated carbocycles. The van der Waals surface area contributed by atoms with Crippen molar-refractivity contribution < 1.29 is 4.74 Å². The molecular weight excluding hydrogens is 270 g/mol. The monoisotopic (exact) mass is 295 g/mol. The van der Waals surface area contributed by atoms with Crippen molar-refractivity contribution in [1.29, 1.82) is 0 Å². The predicted molar refractivity (Wildman–Crippen MR) is 82.3 cm³/mol. The van der Waals surface area contributed by atoms with Gasteiger partial charge in [0.1, 0.15) is 11.1 Å². The molecule has 2 atom stereocenters. The molecular formula is C15H25N3OS. The molecule has 2 N–H and O–H groups in total. The van der Waals surface area contributed by atoms with Gasteiger partial charge in [0, 0.05) is 30.4 Å². The van der Waals surface area contributed by atoms with Crippen LogP contribution in [-0.4, -0.2) is 42.7 Å². The van der Waals surface area contributed by atoms with Gasteiger partial charge in [-0.1, -0.05) is 6.92 Å². The number of rotatable bonds is 4. The first-order valence-electron chi connectivity index (χ1n) is 7.85. The average molecular weight is 295 g/mol. The van der Waals surface area contributed by atoms with Crippen LogP contribution in [0.5, 0.6) is 0 Å². The minimum absolute atomic E-state index is 0.171. The maximum absolute atomic E-state index is 5.96. The first-order valence-corrected chi connectivity index (χ1v) is 8.67. The van der Waals surface area contributed by atoms with Gasteiger partial charge >= 0.3 is 0 Å². The van der Waals surface area contributed by atoms with Gasteiger partial charge in [-0.15, -0.1) is 11.3 Å². The summed E-state index contributed by atoms with van der Waals surface area (Å²) in [5.74, 6) is 0.471. The topological polar surface area (TPSA) is 51.4 Å². The third-order valence-electron chi connectivity index (χ3n) is 4.34. The quantitative estimate of drug-likeness (QED) is 0.926. The van der Waals surface area contributed by atoms with Gasteiger partial charge < -0.3 is 10.5 Å². The molecule has 0 aromatic carbocycles. The molecule has 5 heteroatoms. The first kappa shape index (κ1) is 14.4. The summed E-state index contributed by atoms with van der Waals surface area (Å²) in [6, 6.07) is 0. The number of thiazole rings is 1. The van der Waals surface area contributed by atoms with E-state index in [1.165, 1.54) is 41.3 Å². The fourth-order valence-electron chi connectivity index (χ4n) is 3.26. The van der Waals surface area contributed by atoms with Gasteiger partial charge in [-0.05, 0) is 32.2 Å². The molecule has 1 fully saturated rings. The largest absolute Gasteiger partial charge is 0.368 e. The summed E-state index contributed by atoms with van der Waals surface area (Å²) in [7, 11) is 0. The Labute approximate surface area is 125 Å². The van der Waals surface area contributed by atoms with Crippen LogP contribution in [0.25, 0.3) is 0 Å². The van der Waals surface area contributed by atoms with Crippen LogP contribution in [0.1, 0.15) is 53.8 Å². The van der Waals surface area contributed by atoms with Crippen LogP contribution in [0, 0.1) is 0 Å². The highest BCUT2D eigenvalue weighted by Gasteiger charge is 2.29. The fraction of sp³-hybridized carbons (Fsp3) is 0.800. The summed E-state index contributed by atoms with van der Waals surface area (Å²) in [6.45, 7) is 7.00. The third kappa shape index (κ3) is 2.91. The molecule has 1 aliphatic heterocycles. The minimum atomic E-state index is 0.171. The number of aryl methyl sites for hydroxylation is 1. The number of morpholine rings is 1. The van der Waals surface area contributed by atoms with Crippen LogP contribution in [0.4, 0.5) is 0 Å². The minimum Gasteiger partial charge on any atom is -0.368 e. The number of hydrogen-bond donors (Lipinski definition) is 1. The highest BCUT2D eigenvalue weighted by Crippen LogP contribution is 2.37. The van der Waals surface area contributed by atoms with E-state index in [2.05, 4.69) is 11.8 Å². The lowest BCUT2D eigenvalue weighted by Gasteiger charge is -2.31. The van der Waals surface area contributed by atoms with Gasteiger partial charge in [-0.3, -0.25) is 4.90 Å². The number of nitrogens with zero attached hydrogens (tertiary/aromatic N) is 2. The molecule has 20 heavy (non-hydrogen) atoms. The molecule has 1 aliphatic carbocycles. The van der Waals surface area contributed by atoms with E-state index >= 15 is 0 Å². The van der Waals surface area contributed by atoms with E-state index in [1.54, 1.807) is 0 Å². The van der Waals surface area contributed by atoms with Crippen LogP contribution in [0.2, 0.25) is 0 Å². The molecule has 4 nitrogen and oxygen atoms in total. The molecule has 2 heterocycles. The van der Waals surface area contributed by atoms with Crippen molar-refractivity contribution >= 4 is 11.3 Å². The molecule has 1 aromatic heterocycles. The van der Waals surface area contributed by atoms with E-state index in [-0.39, 0.29) is 6.10 Å². The molecule has 2 unspecified atom stereocenters. The molecule has 3 rings (SSSR count). The SMILES string of the molecule is CCCN1CCOC(c2nc3c(s2)CCCC3CN)C1. The zero-order chi connectivity index (χ0) is 13.9. The lowest BCUT2D eigenvalue weighted by Crippen LogP contribution is -2.38. The maximum atomic E-state index is 5.96. The highest BCUT2D eigenvalue weighted by atomic mass is 32.1. The standard InChI is InChI=1S/C15H25N3OS/c1-2-6-18-7-8-19-12(10-18)15-17-14-11(9-16)4-3-5-13(14)20-15/h11-12H,2-10,16H2,1H3. The number of ether oxygens (including phenoxy) is 1. The molecule has 112 valence electrons. The molecule has 0 bridgehead atoms. The molecule has 0 amide bonds. The van der Waals surface area contributed by atoms with Gasteiger partial charge in [-0.2, -0.15) is 0 Å². The van der Waals surface area contributed by atoms with Crippen molar-refractivity contribution in [2.45, 2.75) is 44.6 Å². The van der Waals surface area contributed by atoms with E-state index in [4.69, 9.17) is 15.5 Å². The van der Waals surface area contributed by atoms with Crippen molar-refractivity contribution in [3.63, 3.8) is 0 Å². The Bertz CT molecular complexity index is 446. The van der Waals surface area contributed by atoms with Crippen molar-refractivity contribution in [1.82, 2.24) is 9.88 Å². The van der Waals surface area contributed by atoms with Crippen molar-refractivity contribution in [2.24, 2.45) is 5.73 Å². The highest BCUT2D eigenvalue weighted by molar-refractivity contribution is 7.11. The third-order valence-corrected chi connectivity index (χ3v) is 5.56. The van der Waals surface area contributed by atoms with E-state index < -0.39 is 0 Å². The van der Waals surface area contributed by atoms with Crippen LogP contribution >= 0.6 is 11.3 Å². The van der Waals surface area contributed by atoms with E-state index in [0.717, 1.165) is 32.8 Å². The summed E-state index contributed by atoms with van der Waals surface area (Å²) in [6.07, 6.45) is 5.00. The second-order valence-corrected chi connectivity index (χ2v) is 6.96. The summed E-state index contributed by atoms with van der Waals surface area (Å²) in [4.78, 5) is 8.86. The van der Waals surface area contributed by atoms with Crippen molar-refractivity contribution in [3.05, 3.63) is 15.6 Å². The number of fused-ring (bicyclic) bond motifs is 1. The van der Waals surface area contributed by atoms with Gasteiger partial charge in [-0.25, -0.2) is 4.98 Å². The summed E-state index contributed by atoms with van der Waals surface area (Å²) >= 11 is 1.86. The Morgan fingerprint density at radius 1 is 1.50 bits per heavy atom. The van der Waals surface area contributed by atoms with Crippen LogP contribution in [-0.2, 0) is 11.2 Å². The maximum Gasteiger partial charge on any atom is 0.123 e. The second-order valence-electron chi connectivity index (χ2n) is 5.85. The lowest BCUT2D eigenvalue weighted by molar-refractivity contribution is -0.0300. The Kier molecular flexibility index (Phi) is 4.71. The Hall–Kier alpha value is -0.490. The number of hydrogen-bond acceptors (Lipinski definition) is 5. The molecule has 0 radical (unpaired) electrons. The van der Waals surface area contributed by atoms with Gasteiger partial charge in [0.15, 0.2) is 0 Å².